The molecule has 11 nitrogen and oxygen atoms in total. The minimum atomic E-state index is -0.883. The van der Waals surface area contributed by atoms with Gasteiger partial charge in [-0.1, -0.05) is 24.3 Å². The van der Waals surface area contributed by atoms with Crippen molar-refractivity contribution in [3.8, 4) is 22.5 Å². The maximum absolute atomic E-state index is 14.2. The highest BCUT2D eigenvalue weighted by atomic mass is 35.5. The van der Waals surface area contributed by atoms with E-state index in [1.807, 2.05) is 54.7 Å². The molecule has 47 heavy (non-hydrogen) atoms. The fraction of sp³-hybridized carbons (Fsp3) is 0.400. The summed E-state index contributed by atoms with van der Waals surface area (Å²) in [7, 11) is 0. The molecule has 2 aromatic carbocycles. The summed E-state index contributed by atoms with van der Waals surface area (Å²) in [4.78, 5) is 40.2. The van der Waals surface area contributed by atoms with Crippen LogP contribution in [0.25, 0.3) is 22.5 Å². The third-order valence-electron chi connectivity index (χ3n) is 9.50. The lowest BCUT2D eigenvalue weighted by atomic mass is 9.81. The van der Waals surface area contributed by atoms with E-state index in [1.165, 1.54) is 0 Å². The molecular formula is C35H42ClN9O2. The van der Waals surface area contributed by atoms with Crippen molar-refractivity contribution in [3.63, 3.8) is 0 Å². The number of rotatable bonds is 10. The number of carbonyl (C=O) groups excluding carboxylic acids is 2. The van der Waals surface area contributed by atoms with Gasteiger partial charge in [0.2, 0.25) is 17.1 Å². The standard InChI is InChI=1S/C35H42ClN9O2/c1-22-18-31(44-16-14-39-15-17-44)40-21-29(22)25-6-2-23(3-7-25)19-30(32(38)46)45(34(47)27-8-4-24(20-37)5-9-27)28-12-10-26(11-13-28)33-41-35(36)43-42-33/h2-3,6-7,10-13,18,21,24,27,30,39H,4-5,8-9,14-17,19-20,37H2,1H3,(H2,38,46)(H,41,42,43)/t24?,27?,30-/m0/s1. The summed E-state index contributed by atoms with van der Waals surface area (Å²) < 4.78 is 0. The van der Waals surface area contributed by atoms with E-state index < -0.39 is 11.9 Å². The fourth-order valence-corrected chi connectivity index (χ4v) is 6.84. The summed E-state index contributed by atoms with van der Waals surface area (Å²) in [6.07, 6.45) is 5.44. The van der Waals surface area contributed by atoms with Crippen molar-refractivity contribution in [1.82, 2.24) is 25.5 Å². The number of nitrogens with zero attached hydrogens (tertiary/aromatic N) is 5. The predicted octanol–water partition coefficient (Wildman–Crippen LogP) is 4.10. The molecule has 1 aliphatic carbocycles. The number of aryl methyl sites for hydroxylation is 1. The number of piperazine rings is 1. The molecule has 0 unspecified atom stereocenters. The van der Waals surface area contributed by atoms with Crippen LogP contribution in [0.3, 0.4) is 0 Å². The van der Waals surface area contributed by atoms with Gasteiger partial charge >= 0.3 is 0 Å². The minimum Gasteiger partial charge on any atom is -0.368 e. The molecule has 246 valence electrons. The summed E-state index contributed by atoms with van der Waals surface area (Å²) in [5, 5.41) is 10.3. The van der Waals surface area contributed by atoms with E-state index in [0.717, 1.165) is 85.5 Å². The molecule has 2 aliphatic rings. The Morgan fingerprint density at radius 1 is 1.02 bits per heavy atom. The fourth-order valence-electron chi connectivity index (χ4n) is 6.72. The van der Waals surface area contributed by atoms with Gasteiger partial charge in [-0.2, -0.15) is 10.1 Å². The van der Waals surface area contributed by atoms with E-state index in [4.69, 9.17) is 28.1 Å². The highest BCUT2D eigenvalue weighted by Gasteiger charge is 2.36. The van der Waals surface area contributed by atoms with Crippen molar-refractivity contribution in [2.75, 3.05) is 42.5 Å². The maximum atomic E-state index is 14.2. The Hall–Kier alpha value is -4.32. The topological polar surface area (TPSA) is 159 Å². The molecule has 1 saturated carbocycles. The van der Waals surface area contributed by atoms with E-state index >= 15 is 0 Å². The number of halogens is 1. The van der Waals surface area contributed by atoms with Gasteiger partial charge in [-0.05, 0) is 104 Å². The average Bonchev–Trinajstić information content (AvgIpc) is 3.55. The van der Waals surface area contributed by atoms with Crippen molar-refractivity contribution < 1.29 is 9.59 Å². The third-order valence-corrected chi connectivity index (χ3v) is 9.67. The van der Waals surface area contributed by atoms with Crippen molar-refractivity contribution in [1.29, 1.82) is 0 Å². The number of pyridine rings is 1. The second-order valence-corrected chi connectivity index (χ2v) is 12.9. The zero-order valence-corrected chi connectivity index (χ0v) is 27.4. The van der Waals surface area contributed by atoms with Gasteiger partial charge < -0.3 is 21.7 Å². The summed E-state index contributed by atoms with van der Waals surface area (Å²) in [6, 6.07) is 16.6. The van der Waals surface area contributed by atoms with E-state index in [0.29, 0.717) is 24.0 Å². The first-order valence-electron chi connectivity index (χ1n) is 16.3. The lowest BCUT2D eigenvalue weighted by molar-refractivity contribution is -0.127. The Bertz CT molecular complexity index is 1680. The van der Waals surface area contributed by atoms with Crippen LogP contribution in [0.5, 0.6) is 0 Å². The number of aromatic nitrogens is 4. The molecule has 0 spiro atoms. The smallest absolute Gasteiger partial charge is 0.240 e. The van der Waals surface area contributed by atoms with Gasteiger partial charge in [-0.15, -0.1) is 0 Å². The Morgan fingerprint density at radius 3 is 2.30 bits per heavy atom. The Balaban J connectivity index is 1.25. The van der Waals surface area contributed by atoms with E-state index in [9.17, 15) is 9.59 Å². The number of nitrogens with two attached hydrogens (primary N) is 2. The molecule has 3 heterocycles. The first-order valence-corrected chi connectivity index (χ1v) is 16.7. The normalized spacial score (nSPS) is 18.9. The van der Waals surface area contributed by atoms with Gasteiger partial charge in [-0.3, -0.25) is 14.5 Å². The number of hydrogen-bond acceptors (Lipinski definition) is 8. The zero-order valence-electron chi connectivity index (χ0n) is 26.7. The zero-order chi connectivity index (χ0) is 32.9. The first-order chi connectivity index (χ1) is 22.8. The quantitative estimate of drug-likeness (QED) is 0.199. The largest absolute Gasteiger partial charge is 0.368 e. The van der Waals surface area contributed by atoms with Crippen LogP contribution >= 0.6 is 11.6 Å². The maximum Gasteiger partial charge on any atom is 0.240 e. The predicted molar refractivity (Wildman–Crippen MR) is 185 cm³/mol. The van der Waals surface area contributed by atoms with Gasteiger partial charge in [0.05, 0.1) is 0 Å². The number of primary amides is 1. The molecule has 12 heteroatoms. The average molecular weight is 656 g/mol. The number of hydrogen-bond donors (Lipinski definition) is 4. The van der Waals surface area contributed by atoms with Gasteiger partial charge in [0, 0.05) is 61.5 Å². The lowest BCUT2D eigenvalue weighted by Crippen LogP contribution is -2.52. The minimum absolute atomic E-state index is 0.0964. The highest BCUT2D eigenvalue weighted by molar-refractivity contribution is 6.28. The van der Waals surface area contributed by atoms with Gasteiger partial charge in [0.1, 0.15) is 11.9 Å². The summed E-state index contributed by atoms with van der Waals surface area (Å²) in [5.74, 6) is 0.977. The third kappa shape index (κ3) is 7.48. The summed E-state index contributed by atoms with van der Waals surface area (Å²) >= 11 is 5.93. The van der Waals surface area contributed by atoms with Gasteiger partial charge in [0.25, 0.3) is 0 Å². The molecule has 1 atom stereocenters. The molecular weight excluding hydrogens is 614 g/mol. The van der Waals surface area contributed by atoms with Crippen molar-refractivity contribution >= 4 is 34.9 Å². The monoisotopic (exact) mass is 655 g/mol. The van der Waals surface area contributed by atoms with Crippen molar-refractivity contribution in [2.24, 2.45) is 23.3 Å². The van der Waals surface area contributed by atoms with Crippen LogP contribution in [0.15, 0.2) is 60.8 Å². The number of anilines is 2. The van der Waals surface area contributed by atoms with E-state index in [-0.39, 0.29) is 23.5 Å². The highest BCUT2D eigenvalue weighted by Crippen LogP contribution is 2.33. The molecule has 6 rings (SSSR count). The van der Waals surface area contributed by atoms with Crippen LogP contribution < -0.4 is 26.6 Å². The van der Waals surface area contributed by atoms with Crippen LogP contribution in [-0.2, 0) is 16.0 Å². The number of carbonyl (C=O) groups is 2. The van der Waals surface area contributed by atoms with Crippen LogP contribution in [-0.4, -0.2) is 70.7 Å². The van der Waals surface area contributed by atoms with Gasteiger partial charge in [0.15, 0.2) is 5.82 Å². The number of amides is 2. The molecule has 4 aromatic rings. The number of nitrogens with one attached hydrogen (secondary N) is 2. The van der Waals surface area contributed by atoms with Crippen LogP contribution in [0.1, 0.15) is 36.8 Å². The molecule has 0 radical (unpaired) electrons. The second-order valence-electron chi connectivity index (χ2n) is 12.6. The van der Waals surface area contributed by atoms with Gasteiger partial charge in [-0.25, -0.2) is 10.1 Å². The Morgan fingerprint density at radius 2 is 1.70 bits per heavy atom. The molecule has 1 saturated heterocycles. The lowest BCUT2D eigenvalue weighted by Gasteiger charge is -2.35. The molecule has 1 aliphatic heterocycles. The molecule has 0 bridgehead atoms. The van der Waals surface area contributed by atoms with E-state index in [2.05, 4.69) is 38.4 Å². The molecule has 2 fully saturated rings. The summed E-state index contributed by atoms with van der Waals surface area (Å²) in [6.45, 7) is 6.52. The number of benzene rings is 2. The Labute approximate surface area is 280 Å². The molecule has 6 N–H and O–H groups in total. The second kappa shape index (κ2) is 14.6. The number of H-pyrrole nitrogens is 1. The van der Waals surface area contributed by atoms with Crippen molar-refractivity contribution in [2.45, 2.75) is 45.1 Å². The molecule has 2 aromatic heterocycles. The number of aromatic amines is 1. The molecule has 2 amide bonds. The SMILES string of the molecule is Cc1cc(N2CCNCC2)ncc1-c1ccc(C[C@@H](C(N)=O)N(C(=O)C2CCC(CN)CC2)c2ccc(-c3n[nH]c(Cl)n3)cc2)cc1. The first kappa shape index (κ1) is 32.6. The van der Waals surface area contributed by atoms with Crippen LogP contribution in [0.4, 0.5) is 11.5 Å². The van der Waals surface area contributed by atoms with E-state index in [1.54, 1.807) is 4.90 Å². The Kier molecular flexibility index (Phi) is 10.1. The van der Waals surface area contributed by atoms with Crippen molar-refractivity contribution in [3.05, 3.63) is 77.2 Å². The summed E-state index contributed by atoms with van der Waals surface area (Å²) in [5.41, 5.74) is 17.4. The van der Waals surface area contributed by atoms with Crippen LogP contribution in [0, 0.1) is 18.8 Å². The van der Waals surface area contributed by atoms with Crippen LogP contribution in [0.2, 0.25) is 5.28 Å².